The van der Waals surface area contributed by atoms with Crippen molar-refractivity contribution in [3.63, 3.8) is 0 Å². The maximum atomic E-state index is 12.8. The molecule has 0 aliphatic carbocycles. The van der Waals surface area contributed by atoms with Crippen LogP contribution in [-0.4, -0.2) is 0 Å². The fourth-order valence-electron chi connectivity index (χ4n) is 3.90. The second kappa shape index (κ2) is 13.9. The van der Waals surface area contributed by atoms with E-state index in [-0.39, 0.29) is 49.5 Å². The second-order valence-corrected chi connectivity index (χ2v) is 8.24. The molecule has 0 aliphatic rings. The van der Waals surface area contributed by atoms with Crippen LogP contribution < -0.4 is 0 Å². The van der Waals surface area contributed by atoms with Crippen LogP contribution in [0.3, 0.4) is 0 Å². The second-order valence-electron chi connectivity index (χ2n) is 8.24. The van der Waals surface area contributed by atoms with E-state index < -0.39 is 0 Å². The molecule has 6 rings (SSSR count). The van der Waals surface area contributed by atoms with E-state index in [1.54, 1.807) is 36.4 Å². The van der Waals surface area contributed by atoms with Crippen LogP contribution in [-0.2, 0) is 39.0 Å². The van der Waals surface area contributed by atoms with Crippen LogP contribution in [0.2, 0.25) is 0 Å². The Morgan fingerprint density at radius 2 is 0.784 bits per heavy atom. The van der Waals surface area contributed by atoms with Gasteiger partial charge in [-0.2, -0.15) is 24.3 Å². The first-order chi connectivity index (χ1) is 17.5. The van der Waals surface area contributed by atoms with Gasteiger partial charge in [-0.25, -0.2) is 8.78 Å². The van der Waals surface area contributed by atoms with Gasteiger partial charge in [0, 0.05) is 11.6 Å². The van der Waals surface area contributed by atoms with Crippen LogP contribution in [0.5, 0.6) is 0 Å². The first-order valence-electron chi connectivity index (χ1n) is 11.6. The maximum Gasteiger partial charge on any atom is 2.00 e. The van der Waals surface area contributed by atoms with Gasteiger partial charge in [-0.3, -0.25) is 8.78 Å². The zero-order valence-corrected chi connectivity index (χ0v) is 22.4. The molecule has 6 aromatic rings. The molecule has 0 bridgehead atoms. The average Bonchev–Trinajstić information content (AvgIpc) is 3.61. The molecule has 0 fully saturated rings. The smallest absolute Gasteiger partial charge is 0.265 e. The van der Waals surface area contributed by atoms with Gasteiger partial charge in [0.25, 0.3) is 0 Å². The molecule has 0 nitrogen and oxygen atoms in total. The van der Waals surface area contributed by atoms with Crippen molar-refractivity contribution in [1.29, 1.82) is 0 Å². The van der Waals surface area contributed by atoms with E-state index in [1.807, 2.05) is 0 Å². The van der Waals surface area contributed by atoms with Crippen molar-refractivity contribution in [3.8, 4) is 0 Å². The van der Waals surface area contributed by atoms with Crippen molar-refractivity contribution in [2.24, 2.45) is 0 Å². The molecule has 0 unspecified atom stereocenters. The van der Waals surface area contributed by atoms with E-state index in [4.69, 9.17) is 0 Å². The van der Waals surface area contributed by atoms with Crippen molar-refractivity contribution < 1.29 is 43.8 Å². The third kappa shape index (κ3) is 7.60. The van der Waals surface area contributed by atoms with E-state index in [0.717, 1.165) is 37.1 Å². The number of hydrogen-bond donors (Lipinski definition) is 0. The molecule has 0 heterocycles. The normalized spacial score (nSPS) is 10.2. The largest absolute Gasteiger partial charge is 2.00 e. The van der Waals surface area contributed by atoms with Gasteiger partial charge in [-0.05, 0) is 36.1 Å². The average molecular weight is 576 g/mol. The van der Waals surface area contributed by atoms with Gasteiger partial charge in [0.2, 0.25) is 0 Å². The van der Waals surface area contributed by atoms with Crippen molar-refractivity contribution in [1.82, 2.24) is 0 Å². The Morgan fingerprint density at radius 3 is 1.14 bits per heavy atom. The summed E-state index contributed by atoms with van der Waals surface area (Å²) in [7, 11) is 0. The van der Waals surface area contributed by atoms with Gasteiger partial charge < -0.3 is 0 Å². The number of halogens is 4. The summed E-state index contributed by atoms with van der Waals surface area (Å²) in [5.74, 6) is -1.48. The molecule has 6 aromatic carbocycles. The quantitative estimate of drug-likeness (QED) is 0.146. The number of aryl methyl sites for hydroxylation is 2. The zero-order chi connectivity index (χ0) is 25.3. The predicted octanol–water partition coefficient (Wildman–Crippen LogP) is 9.14. The molecule has 0 spiro atoms. The molecule has 0 saturated carbocycles. The van der Waals surface area contributed by atoms with Crippen LogP contribution in [0, 0.1) is 23.3 Å². The summed E-state index contributed by atoms with van der Waals surface area (Å²) in [4.78, 5) is 0. The summed E-state index contributed by atoms with van der Waals surface area (Å²) in [6.45, 7) is 0. The van der Waals surface area contributed by atoms with Crippen LogP contribution >= 0.6 is 0 Å². The Hall–Kier alpha value is -3.30. The summed E-state index contributed by atoms with van der Waals surface area (Å²) in [5, 5.41) is 1.41. The van der Waals surface area contributed by atoms with Crippen LogP contribution in [0.25, 0.3) is 21.5 Å². The van der Waals surface area contributed by atoms with Crippen molar-refractivity contribution in [3.05, 3.63) is 156 Å². The minimum absolute atomic E-state index is 0. The van der Waals surface area contributed by atoms with Gasteiger partial charge >= 0.3 is 26.2 Å². The molecule has 37 heavy (non-hydrogen) atoms. The first kappa shape index (κ1) is 28.3. The zero-order valence-electron chi connectivity index (χ0n) is 20.0. The maximum absolute atomic E-state index is 12.8. The Labute approximate surface area is 233 Å². The van der Waals surface area contributed by atoms with E-state index in [9.17, 15) is 17.6 Å². The van der Waals surface area contributed by atoms with E-state index in [1.165, 1.54) is 11.1 Å². The molecule has 5 heteroatoms. The molecule has 184 valence electrons. The molecule has 0 atom stereocenters. The van der Waals surface area contributed by atoms with Crippen molar-refractivity contribution >= 4 is 21.5 Å². The Morgan fingerprint density at radius 1 is 0.432 bits per heavy atom. The molecular formula is C32H24F4Zr. The summed E-state index contributed by atoms with van der Waals surface area (Å²) < 4.78 is 51.3. The Bertz CT molecular complexity index is 1330. The predicted molar refractivity (Wildman–Crippen MR) is 139 cm³/mol. The van der Waals surface area contributed by atoms with E-state index in [0.29, 0.717) is 21.5 Å². The monoisotopic (exact) mass is 574 g/mol. The van der Waals surface area contributed by atoms with Crippen LogP contribution in [0.15, 0.2) is 121 Å². The molecule has 0 aromatic heterocycles. The van der Waals surface area contributed by atoms with Gasteiger partial charge in [0.1, 0.15) is 0 Å². The molecule has 0 N–H and O–H groups in total. The summed E-state index contributed by atoms with van der Waals surface area (Å²) in [6, 6.07) is 35.3. The Kier molecular flexibility index (Phi) is 10.6. The van der Waals surface area contributed by atoms with Gasteiger partial charge in [-0.15, -0.1) is 33.7 Å². The third-order valence-electron chi connectivity index (χ3n) is 5.80. The first-order valence-corrected chi connectivity index (χ1v) is 11.6. The van der Waals surface area contributed by atoms with Crippen molar-refractivity contribution in [2.45, 2.75) is 12.8 Å². The van der Waals surface area contributed by atoms with Gasteiger partial charge in [0.15, 0.2) is 0 Å². The number of hydrogen-bond acceptors (Lipinski definition) is 0. The van der Waals surface area contributed by atoms with Gasteiger partial charge in [0.05, 0.1) is 11.6 Å². The van der Waals surface area contributed by atoms with Crippen LogP contribution in [0.1, 0.15) is 11.1 Å². The fraction of sp³-hybridized carbons (Fsp3) is 0.0625. The fourth-order valence-corrected chi connectivity index (χ4v) is 3.90. The summed E-state index contributed by atoms with van der Waals surface area (Å²) >= 11 is 0. The minimum atomic E-state index is -0.369. The molecular weight excluding hydrogens is 552 g/mol. The third-order valence-corrected chi connectivity index (χ3v) is 5.80. The number of fused-ring (bicyclic) bond motifs is 2. The number of benzene rings is 4. The van der Waals surface area contributed by atoms with Crippen molar-refractivity contribution in [2.75, 3.05) is 0 Å². The minimum Gasteiger partial charge on any atom is -0.265 e. The van der Waals surface area contributed by atoms with Crippen LogP contribution in [0.4, 0.5) is 17.6 Å². The molecule has 0 radical (unpaired) electrons. The topological polar surface area (TPSA) is 0 Å². The molecule has 0 amide bonds. The van der Waals surface area contributed by atoms with Gasteiger partial charge in [-0.1, -0.05) is 72.8 Å². The summed E-state index contributed by atoms with van der Waals surface area (Å²) in [6.07, 6.45) is 2.26. The SMILES string of the molecule is Fc1ccc(F)c2[cH-]ccc12.Fc1ccc(F)c2[cH-]ccc12.[Zr+2].c1ccc(CCc2ccccc2)cc1. The van der Waals surface area contributed by atoms with E-state index >= 15 is 0 Å². The number of rotatable bonds is 3. The molecule has 0 saturated heterocycles. The Balaban J connectivity index is 0.000000154. The standard InChI is InChI=1S/C14H14.2C9H5F2.Zr/c1-3-7-13(8-4-1)11-12-14-9-5-2-6-10-14;2*10-8-4-5-9(11)7-3-1-2-6(7)8;/h1-10H,11-12H2;2*1-5H;/q;2*-1;+2. The summed E-state index contributed by atoms with van der Waals surface area (Å²) in [5.41, 5.74) is 2.83. The molecule has 0 aliphatic heterocycles. The van der Waals surface area contributed by atoms with E-state index in [2.05, 4.69) is 60.7 Å².